The van der Waals surface area contributed by atoms with Crippen LogP contribution in [0.25, 0.3) is 0 Å². The molecule has 0 aliphatic carbocycles. The van der Waals surface area contributed by atoms with Gasteiger partial charge < -0.3 is 14.6 Å². The van der Waals surface area contributed by atoms with Gasteiger partial charge in [0.2, 0.25) is 0 Å². The van der Waals surface area contributed by atoms with Crippen LogP contribution in [0.3, 0.4) is 0 Å². The first-order chi connectivity index (χ1) is 9.14. The van der Waals surface area contributed by atoms with Crippen molar-refractivity contribution in [3.8, 4) is 5.75 Å². The molecule has 2 N–H and O–H groups in total. The summed E-state index contributed by atoms with van der Waals surface area (Å²) in [5, 5.41) is 11.4. The fraction of sp³-hybridized carbons (Fsp3) is 0.385. The molecule has 0 saturated carbocycles. The summed E-state index contributed by atoms with van der Waals surface area (Å²) in [6.07, 6.45) is -0.732. The molecule has 0 fully saturated rings. The van der Waals surface area contributed by atoms with Crippen LogP contribution in [0.4, 0.5) is 10.5 Å². The van der Waals surface area contributed by atoms with Crippen LogP contribution in [0.15, 0.2) is 12.1 Å². The van der Waals surface area contributed by atoms with E-state index in [1.165, 1.54) is 19.2 Å². The standard InChI is InChI=1S/C13H16ClNO5/c1-13(2,3)20-12(18)15-9-6-7(19-4)5-8(10(9)14)11(16)17/h5-6H,1-4H3,(H,15,18)(H,16,17). The van der Waals surface area contributed by atoms with E-state index in [2.05, 4.69) is 5.32 Å². The molecule has 6 nitrogen and oxygen atoms in total. The first kappa shape index (κ1) is 16.1. The van der Waals surface area contributed by atoms with Crippen molar-refractivity contribution in [2.45, 2.75) is 26.4 Å². The van der Waals surface area contributed by atoms with E-state index in [1.807, 2.05) is 0 Å². The van der Waals surface area contributed by atoms with Gasteiger partial charge in [0.05, 0.1) is 23.4 Å². The maximum Gasteiger partial charge on any atom is 0.412 e. The molecule has 1 aromatic carbocycles. The van der Waals surface area contributed by atoms with Gasteiger partial charge in [-0.25, -0.2) is 9.59 Å². The number of hydrogen-bond acceptors (Lipinski definition) is 4. The van der Waals surface area contributed by atoms with E-state index in [4.69, 9.17) is 26.2 Å². The zero-order chi connectivity index (χ0) is 15.5. The van der Waals surface area contributed by atoms with Crippen LogP contribution in [-0.2, 0) is 4.74 Å². The van der Waals surface area contributed by atoms with E-state index in [0.29, 0.717) is 0 Å². The molecule has 0 aromatic heterocycles. The number of amides is 1. The van der Waals surface area contributed by atoms with Crippen LogP contribution < -0.4 is 10.1 Å². The summed E-state index contributed by atoms with van der Waals surface area (Å²) in [6, 6.07) is 2.68. The van der Waals surface area contributed by atoms with Crippen molar-refractivity contribution in [2.75, 3.05) is 12.4 Å². The van der Waals surface area contributed by atoms with Crippen molar-refractivity contribution in [3.63, 3.8) is 0 Å². The highest BCUT2D eigenvalue weighted by Gasteiger charge is 2.20. The number of carbonyl (C=O) groups is 2. The van der Waals surface area contributed by atoms with E-state index < -0.39 is 17.7 Å². The van der Waals surface area contributed by atoms with Gasteiger partial charge in [0, 0.05) is 6.07 Å². The third kappa shape index (κ3) is 4.31. The minimum atomic E-state index is -1.22. The number of halogens is 1. The lowest BCUT2D eigenvalue weighted by atomic mass is 10.2. The van der Waals surface area contributed by atoms with Crippen molar-refractivity contribution >= 4 is 29.4 Å². The number of aromatic carboxylic acids is 1. The van der Waals surface area contributed by atoms with Crippen LogP contribution in [0.5, 0.6) is 5.75 Å². The fourth-order valence-corrected chi connectivity index (χ4v) is 1.61. The molecule has 1 rings (SSSR count). The van der Waals surface area contributed by atoms with Gasteiger partial charge in [-0.1, -0.05) is 11.6 Å². The number of carbonyl (C=O) groups excluding carboxylic acids is 1. The Balaban J connectivity index is 3.08. The number of hydrogen-bond donors (Lipinski definition) is 2. The largest absolute Gasteiger partial charge is 0.497 e. The van der Waals surface area contributed by atoms with Gasteiger partial charge in [-0.3, -0.25) is 5.32 Å². The van der Waals surface area contributed by atoms with E-state index in [1.54, 1.807) is 20.8 Å². The monoisotopic (exact) mass is 301 g/mol. The third-order valence-electron chi connectivity index (χ3n) is 2.15. The molecule has 0 spiro atoms. The van der Waals surface area contributed by atoms with Crippen LogP contribution in [-0.4, -0.2) is 29.9 Å². The van der Waals surface area contributed by atoms with Crippen LogP contribution >= 0.6 is 11.6 Å². The molecule has 0 bridgehead atoms. The molecule has 1 amide bonds. The SMILES string of the molecule is COc1cc(NC(=O)OC(C)(C)C)c(Cl)c(C(=O)O)c1. The van der Waals surface area contributed by atoms with Gasteiger partial charge in [0.1, 0.15) is 11.4 Å². The zero-order valence-electron chi connectivity index (χ0n) is 11.6. The molecular formula is C13H16ClNO5. The summed E-state index contributed by atoms with van der Waals surface area (Å²) < 4.78 is 10.0. The minimum Gasteiger partial charge on any atom is -0.497 e. The molecule has 0 saturated heterocycles. The van der Waals surface area contributed by atoms with Crippen molar-refractivity contribution in [1.29, 1.82) is 0 Å². The number of methoxy groups -OCH3 is 1. The highest BCUT2D eigenvalue weighted by atomic mass is 35.5. The summed E-state index contributed by atoms with van der Waals surface area (Å²) in [6.45, 7) is 5.13. The highest BCUT2D eigenvalue weighted by Crippen LogP contribution is 2.31. The van der Waals surface area contributed by atoms with Gasteiger partial charge in [0.15, 0.2) is 0 Å². The fourth-order valence-electron chi connectivity index (χ4n) is 1.38. The Bertz CT molecular complexity index is 536. The van der Waals surface area contributed by atoms with Gasteiger partial charge in [-0.2, -0.15) is 0 Å². The van der Waals surface area contributed by atoms with E-state index >= 15 is 0 Å². The molecule has 110 valence electrons. The summed E-state index contributed by atoms with van der Waals surface area (Å²) in [5.41, 5.74) is -0.736. The normalized spacial score (nSPS) is 10.8. The predicted octanol–water partition coefficient (Wildman–Crippen LogP) is 3.39. The van der Waals surface area contributed by atoms with Crippen LogP contribution in [0.1, 0.15) is 31.1 Å². The second kappa shape index (κ2) is 6.00. The van der Waals surface area contributed by atoms with E-state index in [9.17, 15) is 9.59 Å². The molecule has 7 heteroatoms. The molecular weight excluding hydrogens is 286 g/mol. The Kier molecular flexibility index (Phi) is 4.83. The van der Waals surface area contributed by atoms with Crippen LogP contribution in [0.2, 0.25) is 5.02 Å². The van der Waals surface area contributed by atoms with E-state index in [0.717, 1.165) is 0 Å². The first-order valence-corrected chi connectivity index (χ1v) is 6.12. The van der Waals surface area contributed by atoms with Crippen molar-refractivity contribution < 1.29 is 24.2 Å². The molecule has 0 unspecified atom stereocenters. The van der Waals surface area contributed by atoms with E-state index in [-0.39, 0.29) is 22.0 Å². The zero-order valence-corrected chi connectivity index (χ0v) is 12.4. The van der Waals surface area contributed by atoms with Gasteiger partial charge >= 0.3 is 12.1 Å². The predicted molar refractivity (Wildman–Crippen MR) is 74.8 cm³/mol. The number of nitrogens with one attached hydrogen (secondary N) is 1. The Morgan fingerprint density at radius 1 is 1.30 bits per heavy atom. The number of carboxylic acid groups (broad SMARTS) is 1. The Morgan fingerprint density at radius 2 is 1.90 bits per heavy atom. The Hall–Kier alpha value is -1.95. The Labute approximate surface area is 121 Å². The Morgan fingerprint density at radius 3 is 2.35 bits per heavy atom. The lowest BCUT2D eigenvalue weighted by Crippen LogP contribution is -2.27. The van der Waals surface area contributed by atoms with Gasteiger partial charge in [-0.05, 0) is 26.8 Å². The third-order valence-corrected chi connectivity index (χ3v) is 2.56. The highest BCUT2D eigenvalue weighted by molar-refractivity contribution is 6.36. The van der Waals surface area contributed by atoms with Crippen molar-refractivity contribution in [1.82, 2.24) is 0 Å². The summed E-state index contributed by atoms with van der Waals surface area (Å²) >= 11 is 5.94. The number of rotatable bonds is 3. The van der Waals surface area contributed by atoms with Crippen molar-refractivity contribution in [3.05, 3.63) is 22.7 Å². The number of carboxylic acids is 1. The number of ether oxygens (including phenoxy) is 2. The molecule has 0 aliphatic heterocycles. The summed E-state index contributed by atoms with van der Waals surface area (Å²) in [7, 11) is 1.38. The van der Waals surface area contributed by atoms with Crippen molar-refractivity contribution in [2.24, 2.45) is 0 Å². The van der Waals surface area contributed by atoms with Gasteiger partial charge in [0.25, 0.3) is 0 Å². The van der Waals surface area contributed by atoms with Crippen LogP contribution in [0, 0.1) is 0 Å². The quantitative estimate of drug-likeness (QED) is 0.894. The molecule has 0 aliphatic rings. The smallest absolute Gasteiger partial charge is 0.412 e. The minimum absolute atomic E-state index is 0.0934. The molecule has 0 radical (unpaired) electrons. The summed E-state index contributed by atoms with van der Waals surface area (Å²) in [5.74, 6) is -0.959. The molecule has 1 aromatic rings. The van der Waals surface area contributed by atoms with Gasteiger partial charge in [-0.15, -0.1) is 0 Å². The average molecular weight is 302 g/mol. The molecule has 0 heterocycles. The maximum atomic E-state index is 11.7. The number of anilines is 1. The lowest BCUT2D eigenvalue weighted by molar-refractivity contribution is 0.0632. The topological polar surface area (TPSA) is 84.9 Å². The second-order valence-corrected chi connectivity index (χ2v) is 5.35. The maximum absolute atomic E-state index is 11.7. The average Bonchev–Trinajstić information content (AvgIpc) is 2.28. The second-order valence-electron chi connectivity index (χ2n) is 4.97. The number of benzene rings is 1. The molecule has 20 heavy (non-hydrogen) atoms. The molecule has 0 atom stereocenters. The lowest BCUT2D eigenvalue weighted by Gasteiger charge is -2.20. The summed E-state index contributed by atoms with van der Waals surface area (Å²) in [4.78, 5) is 22.8. The first-order valence-electron chi connectivity index (χ1n) is 5.75.